The number of para-hydroxylation sites is 1. The van der Waals surface area contributed by atoms with E-state index < -0.39 is 9.75 Å². The summed E-state index contributed by atoms with van der Waals surface area (Å²) in [6.07, 6.45) is 4.11. The van der Waals surface area contributed by atoms with Gasteiger partial charge in [0.1, 0.15) is 4.33 Å². The minimum absolute atomic E-state index is 0.125. The molecule has 1 heterocycles. The molecule has 1 aliphatic rings. The summed E-state index contributed by atoms with van der Waals surface area (Å²) in [7, 11) is 0. The van der Waals surface area contributed by atoms with Crippen LogP contribution in [0.2, 0.25) is 0 Å². The number of rotatable bonds is 4. The maximum atomic E-state index is 12.1. The van der Waals surface area contributed by atoms with Crippen molar-refractivity contribution in [3.8, 4) is 5.69 Å². The van der Waals surface area contributed by atoms with Crippen LogP contribution in [-0.4, -0.2) is 20.0 Å². The van der Waals surface area contributed by atoms with Crippen LogP contribution >= 0.6 is 23.2 Å². The summed E-state index contributed by atoms with van der Waals surface area (Å²) in [4.78, 5) is 12.1. The third kappa shape index (κ3) is 2.65. The fourth-order valence-corrected chi connectivity index (χ4v) is 2.90. The van der Waals surface area contributed by atoms with Gasteiger partial charge in [-0.3, -0.25) is 4.79 Å². The van der Waals surface area contributed by atoms with E-state index in [0.29, 0.717) is 13.0 Å². The number of carbonyl (C=O) groups is 1. The molecule has 1 aromatic carbocycles. The van der Waals surface area contributed by atoms with Crippen LogP contribution < -0.4 is 5.32 Å². The van der Waals surface area contributed by atoms with E-state index in [1.807, 2.05) is 36.5 Å². The van der Waals surface area contributed by atoms with Crippen LogP contribution in [0.25, 0.3) is 5.69 Å². The number of carbonyl (C=O) groups excluding carboxylic acids is 1. The quantitative estimate of drug-likeness (QED) is 0.879. The van der Waals surface area contributed by atoms with Crippen molar-refractivity contribution in [1.82, 2.24) is 15.1 Å². The highest BCUT2D eigenvalue weighted by atomic mass is 35.5. The molecule has 1 amide bonds. The van der Waals surface area contributed by atoms with Crippen molar-refractivity contribution in [2.24, 2.45) is 5.41 Å². The van der Waals surface area contributed by atoms with Crippen LogP contribution in [0, 0.1) is 5.41 Å². The normalized spacial score (nSPS) is 22.8. The van der Waals surface area contributed by atoms with Crippen LogP contribution in [0.3, 0.4) is 0 Å². The van der Waals surface area contributed by atoms with Gasteiger partial charge in [0.25, 0.3) is 0 Å². The van der Waals surface area contributed by atoms with Crippen molar-refractivity contribution in [3.63, 3.8) is 0 Å². The van der Waals surface area contributed by atoms with E-state index in [1.165, 1.54) is 0 Å². The van der Waals surface area contributed by atoms with Gasteiger partial charge in [-0.1, -0.05) is 18.2 Å². The second-order valence-corrected chi connectivity index (χ2v) is 7.01. The summed E-state index contributed by atoms with van der Waals surface area (Å²) < 4.78 is 0.832. The molecule has 2 aromatic rings. The summed E-state index contributed by atoms with van der Waals surface area (Å²) in [5.41, 5.74) is 1.21. The molecule has 0 saturated heterocycles. The van der Waals surface area contributed by atoms with E-state index in [9.17, 15) is 4.79 Å². The van der Waals surface area contributed by atoms with Gasteiger partial charge in [-0.05, 0) is 25.5 Å². The molecule has 1 aromatic heterocycles. The lowest BCUT2D eigenvalue weighted by molar-refractivity contribution is -0.125. The zero-order valence-electron chi connectivity index (χ0n) is 11.5. The second kappa shape index (κ2) is 5.04. The molecule has 4 nitrogen and oxygen atoms in total. The highest BCUT2D eigenvalue weighted by Crippen LogP contribution is 2.63. The average Bonchev–Trinajstić information content (AvgIpc) is 2.83. The molecule has 1 fully saturated rings. The fourth-order valence-electron chi connectivity index (χ4n) is 2.20. The Balaban J connectivity index is 1.63. The number of nitrogens with zero attached hydrogens (tertiary/aromatic N) is 2. The predicted molar refractivity (Wildman–Crippen MR) is 82.6 cm³/mol. The van der Waals surface area contributed by atoms with E-state index in [2.05, 4.69) is 10.4 Å². The lowest BCUT2D eigenvalue weighted by Gasteiger charge is -2.11. The minimum Gasteiger partial charge on any atom is -0.351 e. The Morgan fingerprint density at radius 1 is 1.38 bits per heavy atom. The first-order chi connectivity index (χ1) is 9.92. The zero-order chi connectivity index (χ0) is 15.1. The maximum Gasteiger partial charge on any atom is 0.229 e. The first kappa shape index (κ1) is 14.4. The van der Waals surface area contributed by atoms with Gasteiger partial charge in [0, 0.05) is 18.3 Å². The van der Waals surface area contributed by atoms with E-state index >= 15 is 0 Å². The molecule has 0 radical (unpaired) electrons. The van der Waals surface area contributed by atoms with E-state index in [0.717, 1.165) is 11.3 Å². The fraction of sp³-hybridized carbons (Fsp3) is 0.333. The van der Waals surface area contributed by atoms with Crippen LogP contribution in [0.4, 0.5) is 0 Å². The van der Waals surface area contributed by atoms with Gasteiger partial charge in [0.15, 0.2) is 0 Å². The molecular formula is C15H15Cl2N3O. The van der Waals surface area contributed by atoms with Crippen LogP contribution in [0.5, 0.6) is 0 Å². The summed E-state index contributed by atoms with van der Waals surface area (Å²) in [6.45, 7) is 2.18. The molecule has 1 aliphatic carbocycles. The summed E-state index contributed by atoms with van der Waals surface area (Å²) in [6, 6.07) is 9.79. The van der Waals surface area contributed by atoms with E-state index in [-0.39, 0.29) is 5.91 Å². The molecule has 1 N–H and O–H groups in total. The van der Waals surface area contributed by atoms with Gasteiger partial charge in [0.05, 0.1) is 17.3 Å². The Bertz CT molecular complexity index is 669. The van der Waals surface area contributed by atoms with Gasteiger partial charge in [0.2, 0.25) is 5.91 Å². The molecule has 110 valence electrons. The zero-order valence-corrected chi connectivity index (χ0v) is 13.0. The van der Waals surface area contributed by atoms with Crippen LogP contribution in [0.1, 0.15) is 18.9 Å². The molecule has 6 heteroatoms. The van der Waals surface area contributed by atoms with Crippen LogP contribution in [0.15, 0.2) is 42.7 Å². The smallest absolute Gasteiger partial charge is 0.229 e. The van der Waals surface area contributed by atoms with Crippen molar-refractivity contribution in [2.75, 3.05) is 0 Å². The Hall–Kier alpha value is -1.52. The highest BCUT2D eigenvalue weighted by molar-refractivity contribution is 6.53. The van der Waals surface area contributed by atoms with Crippen molar-refractivity contribution < 1.29 is 4.79 Å². The lowest BCUT2D eigenvalue weighted by Crippen LogP contribution is -2.32. The molecule has 0 bridgehead atoms. The number of nitrogens with one attached hydrogen (secondary N) is 1. The number of halogens is 2. The van der Waals surface area contributed by atoms with Gasteiger partial charge in [-0.25, -0.2) is 4.68 Å². The Labute approximate surface area is 133 Å². The molecule has 1 unspecified atom stereocenters. The molecule has 0 aliphatic heterocycles. The van der Waals surface area contributed by atoms with Crippen LogP contribution in [-0.2, 0) is 11.3 Å². The summed E-state index contributed by atoms with van der Waals surface area (Å²) in [5, 5.41) is 7.14. The lowest BCUT2D eigenvalue weighted by atomic mass is 10.1. The monoisotopic (exact) mass is 323 g/mol. The van der Waals surface area contributed by atoms with Crippen molar-refractivity contribution >= 4 is 29.1 Å². The summed E-state index contributed by atoms with van der Waals surface area (Å²) in [5.74, 6) is -0.125. The third-order valence-corrected chi connectivity index (χ3v) is 4.97. The number of alkyl halides is 2. The minimum atomic E-state index is -0.939. The first-order valence-electron chi connectivity index (χ1n) is 6.67. The molecule has 0 spiro atoms. The third-order valence-electron chi connectivity index (χ3n) is 3.87. The van der Waals surface area contributed by atoms with Crippen molar-refractivity contribution in [1.29, 1.82) is 0 Å². The van der Waals surface area contributed by atoms with E-state index in [1.54, 1.807) is 17.8 Å². The standard InChI is InChI=1S/C15H15Cl2N3O/c1-14(10-15(14,16)17)13(21)18-7-11-8-19-20(9-11)12-5-3-2-4-6-12/h2-6,8-9H,7,10H2,1H3,(H,18,21). The van der Waals surface area contributed by atoms with Crippen molar-refractivity contribution in [2.45, 2.75) is 24.2 Å². The number of aromatic nitrogens is 2. The van der Waals surface area contributed by atoms with E-state index in [4.69, 9.17) is 23.2 Å². The number of benzene rings is 1. The largest absolute Gasteiger partial charge is 0.351 e. The highest BCUT2D eigenvalue weighted by Gasteiger charge is 2.67. The molecule has 3 rings (SSSR count). The predicted octanol–water partition coefficient (Wildman–Crippen LogP) is 3.07. The van der Waals surface area contributed by atoms with Gasteiger partial charge >= 0.3 is 0 Å². The Morgan fingerprint density at radius 3 is 2.67 bits per heavy atom. The number of hydrogen-bond acceptors (Lipinski definition) is 2. The molecule has 1 saturated carbocycles. The topological polar surface area (TPSA) is 46.9 Å². The average molecular weight is 324 g/mol. The number of hydrogen-bond donors (Lipinski definition) is 1. The summed E-state index contributed by atoms with van der Waals surface area (Å²) >= 11 is 12.0. The number of amides is 1. The SMILES string of the molecule is CC1(C(=O)NCc2cnn(-c3ccccc3)c2)CC1(Cl)Cl. The Kier molecular flexibility index (Phi) is 3.46. The Morgan fingerprint density at radius 2 is 2.05 bits per heavy atom. The van der Waals surface area contributed by atoms with Gasteiger partial charge in [-0.15, -0.1) is 23.2 Å². The van der Waals surface area contributed by atoms with Crippen molar-refractivity contribution in [3.05, 3.63) is 48.3 Å². The molecule has 1 atom stereocenters. The molecule has 21 heavy (non-hydrogen) atoms. The van der Waals surface area contributed by atoms with Gasteiger partial charge < -0.3 is 5.32 Å². The maximum absolute atomic E-state index is 12.1. The molecular weight excluding hydrogens is 309 g/mol. The first-order valence-corrected chi connectivity index (χ1v) is 7.43. The second-order valence-electron chi connectivity index (χ2n) is 5.52. The van der Waals surface area contributed by atoms with Gasteiger partial charge in [-0.2, -0.15) is 5.10 Å².